The van der Waals surface area contributed by atoms with Gasteiger partial charge in [0.15, 0.2) is 0 Å². The van der Waals surface area contributed by atoms with Gasteiger partial charge in [-0.05, 0) is 33.1 Å². The Balaban J connectivity index is 2.21. The summed E-state index contributed by atoms with van der Waals surface area (Å²) < 4.78 is 43.0. The van der Waals surface area contributed by atoms with Crippen molar-refractivity contribution < 1.29 is 17.9 Å². The van der Waals surface area contributed by atoms with Crippen LogP contribution in [0.2, 0.25) is 0 Å². The highest BCUT2D eigenvalue weighted by Gasteiger charge is 2.41. The molecule has 1 saturated carbocycles. The Bertz CT molecular complexity index is 218. The van der Waals surface area contributed by atoms with E-state index in [0.717, 1.165) is 6.42 Å². The van der Waals surface area contributed by atoms with E-state index >= 15 is 0 Å². The van der Waals surface area contributed by atoms with Gasteiger partial charge in [-0.25, -0.2) is 0 Å². The fourth-order valence-corrected chi connectivity index (χ4v) is 2.23. The quantitative estimate of drug-likeness (QED) is 0.760. The normalized spacial score (nSPS) is 26.5. The molecule has 0 radical (unpaired) electrons. The van der Waals surface area contributed by atoms with E-state index in [4.69, 9.17) is 4.74 Å². The zero-order valence-electron chi connectivity index (χ0n) is 10.5. The smallest absolute Gasteiger partial charge is 0.377 e. The minimum absolute atomic E-state index is 0.00821. The molecule has 2 atom stereocenters. The van der Waals surface area contributed by atoms with Crippen LogP contribution in [0, 0.1) is 5.92 Å². The topological polar surface area (TPSA) is 21.3 Å². The van der Waals surface area contributed by atoms with Gasteiger partial charge in [-0.15, -0.1) is 0 Å². The lowest BCUT2D eigenvalue weighted by molar-refractivity contribution is -0.183. The molecular formula is C12H22F3NO. The van der Waals surface area contributed by atoms with Crippen molar-refractivity contribution in [2.75, 3.05) is 13.2 Å². The summed E-state index contributed by atoms with van der Waals surface area (Å²) in [5, 5.41) is 3.15. The SMILES string of the molecule is CC(C)OCCNC1CCCC(C(F)(F)F)C1. The van der Waals surface area contributed by atoms with E-state index in [-0.39, 0.29) is 25.0 Å². The Morgan fingerprint density at radius 3 is 2.59 bits per heavy atom. The van der Waals surface area contributed by atoms with Crippen molar-refractivity contribution in [3.05, 3.63) is 0 Å². The van der Waals surface area contributed by atoms with Crippen LogP contribution in [0.4, 0.5) is 13.2 Å². The van der Waals surface area contributed by atoms with Crippen molar-refractivity contribution in [2.24, 2.45) is 5.92 Å². The molecule has 0 aromatic rings. The summed E-state index contributed by atoms with van der Waals surface area (Å²) in [4.78, 5) is 0. The van der Waals surface area contributed by atoms with Gasteiger partial charge in [-0.3, -0.25) is 0 Å². The predicted molar refractivity (Wildman–Crippen MR) is 60.9 cm³/mol. The van der Waals surface area contributed by atoms with E-state index in [1.54, 1.807) is 0 Å². The van der Waals surface area contributed by atoms with Gasteiger partial charge in [0.1, 0.15) is 0 Å². The molecule has 1 N–H and O–H groups in total. The van der Waals surface area contributed by atoms with E-state index in [2.05, 4.69) is 5.32 Å². The Kier molecular flexibility index (Phi) is 5.73. The minimum atomic E-state index is -4.03. The van der Waals surface area contributed by atoms with Gasteiger partial charge < -0.3 is 10.1 Å². The van der Waals surface area contributed by atoms with Crippen LogP contribution in [0.3, 0.4) is 0 Å². The average Bonchev–Trinajstić information content (AvgIpc) is 2.23. The summed E-state index contributed by atoms with van der Waals surface area (Å²) in [7, 11) is 0. The van der Waals surface area contributed by atoms with Crippen molar-refractivity contribution in [3.8, 4) is 0 Å². The number of alkyl halides is 3. The average molecular weight is 253 g/mol. The molecule has 1 aliphatic carbocycles. The molecule has 1 aliphatic rings. The second-order valence-corrected chi connectivity index (χ2v) is 4.98. The number of nitrogens with one attached hydrogen (secondary N) is 1. The van der Waals surface area contributed by atoms with Crippen LogP contribution in [0.25, 0.3) is 0 Å². The first-order valence-electron chi connectivity index (χ1n) is 6.31. The number of rotatable bonds is 5. The predicted octanol–water partition coefficient (Wildman–Crippen LogP) is 3.12. The first-order valence-corrected chi connectivity index (χ1v) is 6.31. The lowest BCUT2D eigenvalue weighted by Crippen LogP contribution is -2.40. The lowest BCUT2D eigenvalue weighted by atomic mass is 9.85. The van der Waals surface area contributed by atoms with E-state index in [1.807, 2.05) is 13.8 Å². The Morgan fingerprint density at radius 1 is 1.29 bits per heavy atom. The summed E-state index contributed by atoms with van der Waals surface area (Å²) in [5.41, 5.74) is 0. The standard InChI is InChI=1S/C12H22F3NO/c1-9(2)17-7-6-16-11-5-3-4-10(8-11)12(13,14)15/h9-11,16H,3-8H2,1-2H3. The first-order chi connectivity index (χ1) is 7.89. The molecule has 0 aromatic carbocycles. The molecule has 0 aromatic heterocycles. The van der Waals surface area contributed by atoms with Crippen molar-refractivity contribution in [1.29, 1.82) is 0 Å². The molecule has 0 spiro atoms. The molecule has 1 rings (SSSR count). The van der Waals surface area contributed by atoms with Crippen molar-refractivity contribution >= 4 is 0 Å². The second kappa shape index (κ2) is 6.59. The Labute approximate surface area is 101 Å². The molecule has 0 bridgehead atoms. The largest absolute Gasteiger partial charge is 0.391 e. The van der Waals surface area contributed by atoms with E-state index in [9.17, 15) is 13.2 Å². The maximum absolute atomic E-state index is 12.6. The molecule has 2 nitrogen and oxygen atoms in total. The van der Waals surface area contributed by atoms with Gasteiger partial charge >= 0.3 is 6.18 Å². The number of ether oxygens (including phenoxy) is 1. The van der Waals surface area contributed by atoms with E-state index in [1.165, 1.54) is 0 Å². The molecule has 0 amide bonds. The zero-order chi connectivity index (χ0) is 12.9. The van der Waals surface area contributed by atoms with Gasteiger partial charge in [0, 0.05) is 12.6 Å². The number of hydrogen-bond donors (Lipinski definition) is 1. The van der Waals surface area contributed by atoms with Gasteiger partial charge in [-0.2, -0.15) is 13.2 Å². The maximum Gasteiger partial charge on any atom is 0.391 e. The lowest BCUT2D eigenvalue weighted by Gasteiger charge is -2.31. The molecule has 0 heterocycles. The van der Waals surface area contributed by atoms with E-state index in [0.29, 0.717) is 19.6 Å². The molecule has 2 unspecified atom stereocenters. The van der Waals surface area contributed by atoms with Crippen LogP contribution < -0.4 is 5.32 Å². The number of halogens is 3. The monoisotopic (exact) mass is 253 g/mol. The first kappa shape index (κ1) is 14.8. The third kappa shape index (κ3) is 5.73. The molecule has 0 saturated heterocycles. The molecule has 5 heteroatoms. The number of hydrogen-bond acceptors (Lipinski definition) is 2. The van der Waals surface area contributed by atoms with Gasteiger partial charge in [0.05, 0.1) is 18.6 Å². The second-order valence-electron chi connectivity index (χ2n) is 4.98. The molecule has 0 aliphatic heterocycles. The minimum Gasteiger partial charge on any atom is -0.377 e. The molecule has 1 fully saturated rings. The van der Waals surface area contributed by atoms with Gasteiger partial charge in [0.25, 0.3) is 0 Å². The summed E-state index contributed by atoms with van der Waals surface area (Å²) in [6, 6.07) is -0.00821. The van der Waals surface area contributed by atoms with Crippen LogP contribution in [0.15, 0.2) is 0 Å². The van der Waals surface area contributed by atoms with Crippen LogP contribution in [-0.2, 0) is 4.74 Å². The molecule has 17 heavy (non-hydrogen) atoms. The van der Waals surface area contributed by atoms with Crippen LogP contribution in [0.5, 0.6) is 0 Å². The van der Waals surface area contributed by atoms with Crippen LogP contribution in [-0.4, -0.2) is 31.5 Å². The van der Waals surface area contributed by atoms with Crippen LogP contribution >= 0.6 is 0 Å². The molecular weight excluding hydrogens is 231 g/mol. The van der Waals surface area contributed by atoms with Crippen molar-refractivity contribution in [2.45, 2.75) is 57.9 Å². The molecule has 102 valence electrons. The summed E-state index contributed by atoms with van der Waals surface area (Å²) in [6.07, 6.45) is -1.86. The maximum atomic E-state index is 12.6. The highest BCUT2D eigenvalue weighted by atomic mass is 19.4. The summed E-state index contributed by atoms with van der Waals surface area (Å²) in [6.45, 7) is 5.08. The van der Waals surface area contributed by atoms with Gasteiger partial charge in [0.2, 0.25) is 0 Å². The Morgan fingerprint density at radius 2 is 2.00 bits per heavy atom. The van der Waals surface area contributed by atoms with Crippen molar-refractivity contribution in [1.82, 2.24) is 5.32 Å². The summed E-state index contributed by atoms with van der Waals surface area (Å²) >= 11 is 0. The van der Waals surface area contributed by atoms with Crippen LogP contribution in [0.1, 0.15) is 39.5 Å². The summed E-state index contributed by atoms with van der Waals surface area (Å²) in [5.74, 6) is -1.13. The fraction of sp³-hybridized carbons (Fsp3) is 1.00. The third-order valence-corrected chi connectivity index (χ3v) is 3.12. The fourth-order valence-electron chi connectivity index (χ4n) is 2.23. The zero-order valence-corrected chi connectivity index (χ0v) is 10.5. The highest BCUT2D eigenvalue weighted by molar-refractivity contribution is 4.81. The van der Waals surface area contributed by atoms with Crippen molar-refractivity contribution in [3.63, 3.8) is 0 Å². The Hall–Kier alpha value is -0.290. The van der Waals surface area contributed by atoms with Gasteiger partial charge in [-0.1, -0.05) is 6.42 Å². The third-order valence-electron chi connectivity index (χ3n) is 3.12. The van der Waals surface area contributed by atoms with E-state index < -0.39 is 12.1 Å². The highest BCUT2D eigenvalue weighted by Crippen LogP contribution is 2.37.